The molecule has 0 aliphatic carbocycles. The van der Waals surface area contributed by atoms with Crippen LogP contribution in [-0.2, 0) is 6.42 Å². The monoisotopic (exact) mass is 182 g/mol. The smallest absolute Gasteiger partial charge is 0.122 e. The molecule has 0 aliphatic rings. The minimum atomic E-state index is 0.144. The van der Waals surface area contributed by atoms with Crippen molar-refractivity contribution >= 4 is 0 Å². The molecule has 1 rings (SSSR count). The number of rotatable bonds is 4. The Bertz CT molecular complexity index is 271. The summed E-state index contributed by atoms with van der Waals surface area (Å²) >= 11 is 0. The summed E-state index contributed by atoms with van der Waals surface area (Å²) in [5.74, 6) is 0.873. The summed E-state index contributed by atoms with van der Waals surface area (Å²) < 4.78 is 4.95. The molecule has 0 saturated carbocycles. The van der Waals surface area contributed by atoms with Gasteiger partial charge in [0.15, 0.2) is 0 Å². The molecule has 3 nitrogen and oxygen atoms in total. The predicted octanol–water partition coefficient (Wildman–Crippen LogP) is 1.33. The summed E-state index contributed by atoms with van der Waals surface area (Å²) in [4.78, 5) is 0. The maximum Gasteiger partial charge on any atom is 0.122 e. The molecule has 0 aromatic heterocycles. The summed E-state index contributed by atoms with van der Waals surface area (Å²) in [7, 11) is 1.56. The minimum absolute atomic E-state index is 0.144. The van der Waals surface area contributed by atoms with Crippen LogP contribution in [0.1, 0.15) is 12.0 Å². The molecule has 0 aliphatic heterocycles. The molecule has 72 valence electrons. The van der Waals surface area contributed by atoms with Gasteiger partial charge >= 0.3 is 0 Å². The van der Waals surface area contributed by atoms with Gasteiger partial charge in [0.2, 0.25) is 0 Å². The van der Waals surface area contributed by atoms with Crippen LogP contribution in [0.25, 0.3) is 0 Å². The molecule has 0 unspecified atom stereocenters. The second-order valence-corrected chi connectivity index (χ2v) is 2.82. The fraction of sp³-hybridized carbons (Fsp3) is 0.400. The quantitative estimate of drug-likeness (QED) is 0.738. The van der Waals surface area contributed by atoms with Crippen molar-refractivity contribution in [3.05, 3.63) is 23.8 Å². The Hall–Kier alpha value is -1.22. The van der Waals surface area contributed by atoms with Crippen LogP contribution in [0.4, 0.5) is 0 Å². The topological polar surface area (TPSA) is 49.7 Å². The van der Waals surface area contributed by atoms with Crippen molar-refractivity contribution in [2.24, 2.45) is 0 Å². The Kier molecular flexibility index (Phi) is 3.58. The van der Waals surface area contributed by atoms with Crippen molar-refractivity contribution in [3.8, 4) is 11.5 Å². The van der Waals surface area contributed by atoms with Crippen LogP contribution in [0.5, 0.6) is 11.5 Å². The number of methoxy groups -OCH3 is 1. The van der Waals surface area contributed by atoms with Crippen molar-refractivity contribution in [2.75, 3.05) is 13.7 Å². The van der Waals surface area contributed by atoms with Gasteiger partial charge in [0.05, 0.1) is 7.11 Å². The van der Waals surface area contributed by atoms with Crippen LogP contribution in [0.2, 0.25) is 0 Å². The summed E-state index contributed by atoms with van der Waals surface area (Å²) in [6, 6.07) is 5.18. The zero-order valence-electron chi connectivity index (χ0n) is 7.66. The molecule has 0 atom stereocenters. The number of ether oxygens (including phenoxy) is 1. The van der Waals surface area contributed by atoms with Gasteiger partial charge in [-0.1, -0.05) is 6.07 Å². The lowest BCUT2D eigenvalue weighted by Crippen LogP contribution is -1.91. The Balaban J connectivity index is 2.73. The Labute approximate surface area is 77.6 Å². The van der Waals surface area contributed by atoms with E-state index >= 15 is 0 Å². The van der Waals surface area contributed by atoms with E-state index in [2.05, 4.69) is 0 Å². The summed E-state index contributed by atoms with van der Waals surface area (Å²) in [5, 5.41) is 18.1. The SMILES string of the molecule is COc1ccc(CCCO)c(O)c1. The number of aryl methyl sites for hydroxylation is 1. The number of benzene rings is 1. The summed E-state index contributed by atoms with van der Waals surface area (Å²) in [5.41, 5.74) is 0.842. The molecule has 13 heavy (non-hydrogen) atoms. The highest BCUT2D eigenvalue weighted by atomic mass is 16.5. The number of aliphatic hydroxyl groups is 1. The van der Waals surface area contributed by atoms with Crippen molar-refractivity contribution in [2.45, 2.75) is 12.8 Å². The molecule has 1 aromatic carbocycles. The van der Waals surface area contributed by atoms with Crippen LogP contribution in [0.3, 0.4) is 0 Å². The average Bonchev–Trinajstić information content (AvgIpc) is 2.16. The minimum Gasteiger partial charge on any atom is -0.508 e. The first-order valence-electron chi connectivity index (χ1n) is 4.24. The van der Waals surface area contributed by atoms with Gasteiger partial charge in [0.25, 0.3) is 0 Å². The van der Waals surface area contributed by atoms with E-state index < -0.39 is 0 Å². The number of aliphatic hydroxyl groups excluding tert-OH is 1. The third kappa shape index (κ3) is 2.63. The van der Waals surface area contributed by atoms with Crippen LogP contribution < -0.4 is 4.74 Å². The number of aromatic hydroxyl groups is 1. The number of phenols is 1. The predicted molar refractivity (Wildman–Crippen MR) is 50.1 cm³/mol. The van der Waals surface area contributed by atoms with Gasteiger partial charge in [0.1, 0.15) is 11.5 Å². The lowest BCUT2D eigenvalue weighted by Gasteiger charge is -2.05. The molecular formula is C10H14O3. The molecule has 0 heterocycles. The molecule has 2 N–H and O–H groups in total. The standard InChI is InChI=1S/C10H14O3/c1-13-9-5-4-8(3-2-6-11)10(12)7-9/h4-5,7,11-12H,2-3,6H2,1H3. The number of phenolic OH excluding ortho intramolecular Hbond substituents is 1. The van der Waals surface area contributed by atoms with Crippen molar-refractivity contribution < 1.29 is 14.9 Å². The van der Waals surface area contributed by atoms with E-state index in [9.17, 15) is 5.11 Å². The first-order chi connectivity index (χ1) is 6.27. The van der Waals surface area contributed by atoms with Crippen molar-refractivity contribution in [3.63, 3.8) is 0 Å². The highest BCUT2D eigenvalue weighted by Gasteiger charge is 2.01. The van der Waals surface area contributed by atoms with E-state index in [1.807, 2.05) is 6.07 Å². The van der Waals surface area contributed by atoms with Gasteiger partial charge in [-0.2, -0.15) is 0 Å². The second kappa shape index (κ2) is 4.72. The van der Waals surface area contributed by atoms with E-state index in [4.69, 9.17) is 9.84 Å². The molecule has 0 fully saturated rings. The first-order valence-corrected chi connectivity index (χ1v) is 4.24. The molecule has 0 radical (unpaired) electrons. The summed E-state index contributed by atoms with van der Waals surface area (Å²) in [6.45, 7) is 0.144. The van der Waals surface area contributed by atoms with Crippen molar-refractivity contribution in [1.29, 1.82) is 0 Å². The van der Waals surface area contributed by atoms with E-state index in [0.717, 1.165) is 5.56 Å². The van der Waals surface area contributed by atoms with E-state index in [-0.39, 0.29) is 12.4 Å². The van der Waals surface area contributed by atoms with Crippen molar-refractivity contribution in [1.82, 2.24) is 0 Å². The third-order valence-corrected chi connectivity index (χ3v) is 1.90. The lowest BCUT2D eigenvalue weighted by molar-refractivity contribution is 0.288. The fourth-order valence-electron chi connectivity index (χ4n) is 1.15. The number of hydrogen-bond donors (Lipinski definition) is 2. The van der Waals surface area contributed by atoms with Crippen LogP contribution in [0, 0.1) is 0 Å². The van der Waals surface area contributed by atoms with Crippen LogP contribution >= 0.6 is 0 Å². The Morgan fingerprint density at radius 2 is 2.15 bits per heavy atom. The second-order valence-electron chi connectivity index (χ2n) is 2.82. The molecule has 3 heteroatoms. The normalized spacial score (nSPS) is 10.0. The first kappa shape index (κ1) is 9.86. The van der Waals surface area contributed by atoms with Crippen LogP contribution in [0.15, 0.2) is 18.2 Å². The van der Waals surface area contributed by atoms with Crippen LogP contribution in [-0.4, -0.2) is 23.9 Å². The zero-order chi connectivity index (χ0) is 9.68. The van der Waals surface area contributed by atoms with Gasteiger partial charge in [-0.15, -0.1) is 0 Å². The zero-order valence-corrected chi connectivity index (χ0v) is 7.66. The van der Waals surface area contributed by atoms with E-state index in [0.29, 0.717) is 18.6 Å². The van der Waals surface area contributed by atoms with Gasteiger partial charge in [0, 0.05) is 12.7 Å². The molecule has 0 saturated heterocycles. The molecule has 1 aromatic rings. The molecular weight excluding hydrogens is 168 g/mol. The van der Waals surface area contributed by atoms with E-state index in [1.165, 1.54) is 0 Å². The number of hydrogen-bond acceptors (Lipinski definition) is 3. The molecule has 0 amide bonds. The average molecular weight is 182 g/mol. The summed E-state index contributed by atoms with van der Waals surface area (Å²) in [6.07, 6.45) is 1.35. The Morgan fingerprint density at radius 1 is 1.38 bits per heavy atom. The van der Waals surface area contributed by atoms with Gasteiger partial charge in [-0.05, 0) is 24.5 Å². The third-order valence-electron chi connectivity index (χ3n) is 1.90. The maximum atomic E-state index is 9.49. The lowest BCUT2D eigenvalue weighted by atomic mass is 10.1. The maximum absolute atomic E-state index is 9.49. The highest BCUT2D eigenvalue weighted by Crippen LogP contribution is 2.24. The fourth-order valence-corrected chi connectivity index (χ4v) is 1.15. The van der Waals surface area contributed by atoms with Gasteiger partial charge < -0.3 is 14.9 Å². The van der Waals surface area contributed by atoms with E-state index in [1.54, 1.807) is 19.2 Å². The Morgan fingerprint density at radius 3 is 2.69 bits per heavy atom. The highest BCUT2D eigenvalue weighted by molar-refractivity contribution is 5.39. The molecule has 0 spiro atoms. The largest absolute Gasteiger partial charge is 0.508 e. The van der Waals surface area contributed by atoms with Gasteiger partial charge in [-0.25, -0.2) is 0 Å². The van der Waals surface area contributed by atoms with Gasteiger partial charge in [-0.3, -0.25) is 0 Å². The molecule has 0 bridgehead atoms.